The summed E-state index contributed by atoms with van der Waals surface area (Å²) in [5, 5.41) is 2.61. The minimum Gasteiger partial charge on any atom is -0.354 e. The van der Waals surface area contributed by atoms with Gasteiger partial charge in [0.1, 0.15) is 5.82 Å². The summed E-state index contributed by atoms with van der Waals surface area (Å²) in [4.78, 5) is 12.1. The lowest BCUT2D eigenvalue weighted by atomic mass is 10.1. The number of carbonyl (C=O) groups is 1. The van der Waals surface area contributed by atoms with E-state index in [1.165, 1.54) is 17.4 Å². The Balaban J connectivity index is 1.87. The molecule has 0 unspecified atom stereocenters. The predicted molar refractivity (Wildman–Crippen MR) is 94.1 cm³/mol. The minimum absolute atomic E-state index is 0.0822. The molecule has 25 heavy (non-hydrogen) atoms. The summed E-state index contributed by atoms with van der Waals surface area (Å²) in [5.41, 5.74) is 1.28. The molecule has 0 saturated carbocycles. The van der Waals surface area contributed by atoms with E-state index in [1.807, 2.05) is 6.92 Å². The summed E-state index contributed by atoms with van der Waals surface area (Å²) < 4.78 is 39.5. The number of likely N-dealkylation sites (N-methyl/N-ethyl adjacent to an activating group) is 1. The van der Waals surface area contributed by atoms with Gasteiger partial charge in [0.25, 0.3) is 0 Å². The zero-order valence-corrected chi connectivity index (χ0v) is 15.0. The van der Waals surface area contributed by atoms with Gasteiger partial charge in [0, 0.05) is 20.1 Å². The molecule has 5 nitrogen and oxygen atoms in total. The van der Waals surface area contributed by atoms with Gasteiger partial charge in [-0.3, -0.25) is 4.79 Å². The van der Waals surface area contributed by atoms with Gasteiger partial charge in [-0.15, -0.1) is 0 Å². The summed E-state index contributed by atoms with van der Waals surface area (Å²) in [5.74, 6) is -0.789. The third-order valence-corrected chi connectivity index (χ3v) is 5.66. The fourth-order valence-corrected chi connectivity index (χ4v) is 3.41. The van der Waals surface area contributed by atoms with Crippen LogP contribution in [0.2, 0.25) is 0 Å². The van der Waals surface area contributed by atoms with Gasteiger partial charge in [0.05, 0.1) is 11.3 Å². The first-order chi connectivity index (χ1) is 11.8. The molecule has 0 fully saturated rings. The van der Waals surface area contributed by atoms with E-state index in [4.69, 9.17) is 0 Å². The fourth-order valence-electron chi connectivity index (χ4n) is 2.24. The van der Waals surface area contributed by atoms with Gasteiger partial charge >= 0.3 is 0 Å². The van der Waals surface area contributed by atoms with Crippen LogP contribution < -0.4 is 5.32 Å². The number of rotatable bonds is 7. The summed E-state index contributed by atoms with van der Waals surface area (Å²) in [6, 6.07) is 12.6. The van der Waals surface area contributed by atoms with Crippen molar-refractivity contribution in [2.24, 2.45) is 0 Å². The van der Waals surface area contributed by atoms with Crippen molar-refractivity contribution in [3.8, 4) is 0 Å². The average Bonchev–Trinajstić information content (AvgIpc) is 2.57. The lowest BCUT2D eigenvalue weighted by molar-refractivity contribution is -0.120. The van der Waals surface area contributed by atoms with E-state index in [1.54, 1.807) is 42.5 Å². The van der Waals surface area contributed by atoms with Crippen LogP contribution in [-0.4, -0.2) is 38.8 Å². The van der Waals surface area contributed by atoms with Crippen LogP contribution in [0, 0.1) is 12.7 Å². The number of hydrogen-bond donors (Lipinski definition) is 1. The predicted octanol–water partition coefficient (Wildman–Crippen LogP) is 2.11. The Kier molecular flexibility index (Phi) is 6.27. The van der Waals surface area contributed by atoms with Gasteiger partial charge in [-0.25, -0.2) is 12.8 Å². The number of nitrogens with zero attached hydrogens (tertiary/aromatic N) is 1. The number of carbonyl (C=O) groups excluding carboxylic acids is 1. The Morgan fingerprint density at radius 2 is 1.76 bits per heavy atom. The monoisotopic (exact) mass is 364 g/mol. The molecule has 1 amide bonds. The number of nitrogens with one attached hydrogen (secondary N) is 1. The van der Waals surface area contributed by atoms with Crippen LogP contribution in [0.15, 0.2) is 53.4 Å². The van der Waals surface area contributed by atoms with E-state index in [0.717, 1.165) is 5.56 Å². The topological polar surface area (TPSA) is 66.5 Å². The highest BCUT2D eigenvalue weighted by atomic mass is 32.2. The van der Waals surface area contributed by atoms with Gasteiger partial charge < -0.3 is 5.32 Å². The van der Waals surface area contributed by atoms with E-state index >= 15 is 0 Å². The van der Waals surface area contributed by atoms with Crippen molar-refractivity contribution >= 4 is 15.9 Å². The van der Waals surface area contributed by atoms with Crippen LogP contribution in [-0.2, 0) is 21.2 Å². The lowest BCUT2D eigenvalue weighted by Gasteiger charge is -2.17. The zero-order chi connectivity index (χ0) is 18.4. The molecule has 0 bridgehead atoms. The molecule has 0 aliphatic carbocycles. The van der Waals surface area contributed by atoms with Gasteiger partial charge in [-0.1, -0.05) is 35.9 Å². The standard InChI is InChI=1S/C18H21FN2O3S/c1-14-7-9-16(10-8-14)25(23,24)21(2)12-11-20-18(22)13-15-5-3-4-6-17(15)19/h3-10H,11-13H2,1-2H3,(H,20,22). The summed E-state index contributed by atoms with van der Waals surface area (Å²) >= 11 is 0. The molecule has 0 heterocycles. The number of halogens is 1. The van der Waals surface area contributed by atoms with E-state index in [2.05, 4.69) is 5.32 Å². The molecule has 2 aromatic carbocycles. The van der Waals surface area contributed by atoms with Crippen LogP contribution in [0.5, 0.6) is 0 Å². The Morgan fingerprint density at radius 3 is 2.40 bits per heavy atom. The molecule has 7 heteroatoms. The highest BCUT2D eigenvalue weighted by Crippen LogP contribution is 2.14. The van der Waals surface area contributed by atoms with Crippen LogP contribution in [0.3, 0.4) is 0 Å². The number of aryl methyl sites for hydroxylation is 1. The highest BCUT2D eigenvalue weighted by Gasteiger charge is 2.20. The maximum absolute atomic E-state index is 13.5. The SMILES string of the molecule is Cc1ccc(S(=O)(=O)N(C)CCNC(=O)Cc2ccccc2F)cc1. The van der Waals surface area contributed by atoms with Crippen molar-refractivity contribution in [3.63, 3.8) is 0 Å². The maximum atomic E-state index is 13.5. The normalized spacial score (nSPS) is 11.5. The molecule has 2 aromatic rings. The second kappa shape index (κ2) is 8.22. The zero-order valence-electron chi connectivity index (χ0n) is 14.2. The Morgan fingerprint density at radius 1 is 1.12 bits per heavy atom. The molecule has 0 aliphatic heterocycles. The van der Waals surface area contributed by atoms with Crippen molar-refractivity contribution in [3.05, 3.63) is 65.5 Å². The maximum Gasteiger partial charge on any atom is 0.242 e. The smallest absolute Gasteiger partial charge is 0.242 e. The first-order valence-corrected chi connectivity index (χ1v) is 9.28. The number of amides is 1. The molecule has 2 rings (SSSR count). The molecule has 0 atom stereocenters. The minimum atomic E-state index is -3.60. The van der Waals surface area contributed by atoms with Gasteiger partial charge in [0.2, 0.25) is 15.9 Å². The summed E-state index contributed by atoms with van der Waals surface area (Å²) in [6.07, 6.45) is -0.0822. The molecular weight excluding hydrogens is 343 g/mol. The molecule has 134 valence electrons. The number of hydrogen-bond acceptors (Lipinski definition) is 3. The van der Waals surface area contributed by atoms with Crippen LogP contribution >= 0.6 is 0 Å². The molecule has 0 radical (unpaired) electrons. The molecule has 0 aromatic heterocycles. The Hall–Kier alpha value is -2.25. The average molecular weight is 364 g/mol. The van der Waals surface area contributed by atoms with Crippen LogP contribution in [0.25, 0.3) is 0 Å². The third kappa shape index (κ3) is 5.11. The molecular formula is C18H21FN2O3S. The first kappa shape index (κ1) is 19.1. The molecule has 0 aliphatic rings. The van der Waals surface area contributed by atoms with E-state index in [9.17, 15) is 17.6 Å². The number of benzene rings is 2. The fraction of sp³-hybridized carbons (Fsp3) is 0.278. The second-order valence-corrected chi connectivity index (χ2v) is 7.80. The van der Waals surface area contributed by atoms with Crippen molar-refractivity contribution in [2.45, 2.75) is 18.2 Å². The van der Waals surface area contributed by atoms with Crippen LogP contribution in [0.1, 0.15) is 11.1 Å². The first-order valence-electron chi connectivity index (χ1n) is 7.84. The quantitative estimate of drug-likeness (QED) is 0.818. The number of sulfonamides is 1. The van der Waals surface area contributed by atoms with Crippen molar-refractivity contribution in [2.75, 3.05) is 20.1 Å². The van der Waals surface area contributed by atoms with E-state index in [0.29, 0.717) is 5.56 Å². The molecule has 0 saturated heterocycles. The van der Waals surface area contributed by atoms with Crippen LogP contribution in [0.4, 0.5) is 4.39 Å². The molecule has 0 spiro atoms. The lowest BCUT2D eigenvalue weighted by Crippen LogP contribution is -2.36. The van der Waals surface area contributed by atoms with Gasteiger partial charge in [0.15, 0.2) is 0 Å². The molecule has 1 N–H and O–H groups in total. The summed E-state index contributed by atoms with van der Waals surface area (Å²) in [7, 11) is -2.14. The van der Waals surface area contributed by atoms with Gasteiger partial charge in [-0.2, -0.15) is 4.31 Å². The van der Waals surface area contributed by atoms with Gasteiger partial charge in [-0.05, 0) is 30.7 Å². The van der Waals surface area contributed by atoms with E-state index < -0.39 is 15.8 Å². The largest absolute Gasteiger partial charge is 0.354 e. The summed E-state index contributed by atoms with van der Waals surface area (Å²) in [6.45, 7) is 2.15. The second-order valence-electron chi connectivity index (χ2n) is 5.76. The van der Waals surface area contributed by atoms with E-state index in [-0.39, 0.29) is 30.3 Å². The van der Waals surface area contributed by atoms with Crippen molar-refractivity contribution < 1.29 is 17.6 Å². The van der Waals surface area contributed by atoms with Crippen molar-refractivity contribution in [1.82, 2.24) is 9.62 Å². The Labute approximate surface area is 147 Å². The Bertz CT molecular complexity index is 836. The third-order valence-electron chi connectivity index (χ3n) is 3.79. The highest BCUT2D eigenvalue weighted by molar-refractivity contribution is 7.89. The van der Waals surface area contributed by atoms with Crippen molar-refractivity contribution in [1.29, 1.82) is 0 Å².